The Morgan fingerprint density at radius 3 is 2.41 bits per heavy atom. The molecule has 0 amide bonds. The Balaban J connectivity index is 1.93. The summed E-state index contributed by atoms with van der Waals surface area (Å²) >= 11 is 0. The Kier molecular flexibility index (Phi) is 3.63. The van der Waals surface area contributed by atoms with Gasteiger partial charge in [-0.15, -0.1) is 0 Å². The van der Waals surface area contributed by atoms with Crippen molar-refractivity contribution in [3.8, 4) is 17.4 Å². The molecule has 1 aromatic heterocycles. The van der Waals surface area contributed by atoms with E-state index in [1.807, 2.05) is 20.8 Å². The van der Waals surface area contributed by atoms with Crippen LogP contribution in [-0.2, 0) is 10.2 Å². The lowest BCUT2D eigenvalue weighted by molar-refractivity contribution is -0.386. The van der Waals surface area contributed by atoms with Gasteiger partial charge in [0, 0.05) is 35.1 Å². The Morgan fingerprint density at radius 1 is 1.15 bits per heavy atom. The van der Waals surface area contributed by atoms with E-state index in [2.05, 4.69) is 0 Å². The molecule has 1 saturated carbocycles. The minimum absolute atomic E-state index is 0.0653. The van der Waals surface area contributed by atoms with Crippen molar-refractivity contribution >= 4 is 11.5 Å². The molecule has 7 heteroatoms. The molecule has 1 fully saturated rings. The number of ketones is 1. The number of fused-ring (bicyclic) bond motifs is 2. The highest BCUT2D eigenvalue weighted by molar-refractivity contribution is 5.91. The van der Waals surface area contributed by atoms with Gasteiger partial charge in [0.15, 0.2) is 0 Å². The minimum atomic E-state index is -0.450. The molecule has 0 unspecified atom stereocenters. The Morgan fingerprint density at radius 2 is 1.81 bits per heavy atom. The summed E-state index contributed by atoms with van der Waals surface area (Å²) in [7, 11) is 0. The Bertz CT molecular complexity index is 983. The summed E-state index contributed by atoms with van der Waals surface area (Å²) in [6.45, 7) is 5.67. The molecular weight excluding hydrogens is 348 g/mol. The molecule has 3 aliphatic rings. The summed E-state index contributed by atoms with van der Waals surface area (Å²) in [5.41, 5.74) is 1.50. The first-order chi connectivity index (χ1) is 12.6. The first-order valence-corrected chi connectivity index (χ1v) is 9.09. The highest BCUT2D eigenvalue weighted by Gasteiger charge is 2.45. The fraction of sp³-hybridized carbons (Fsp3) is 0.450. The van der Waals surface area contributed by atoms with Crippen LogP contribution in [0, 0.1) is 10.1 Å². The average molecular weight is 370 g/mol. The van der Waals surface area contributed by atoms with Crippen molar-refractivity contribution in [1.29, 1.82) is 0 Å². The molecule has 2 atom stereocenters. The van der Waals surface area contributed by atoms with Crippen molar-refractivity contribution in [2.75, 3.05) is 0 Å². The molecule has 142 valence electrons. The van der Waals surface area contributed by atoms with Gasteiger partial charge in [-0.2, -0.15) is 0 Å². The third-order valence-electron chi connectivity index (χ3n) is 5.84. The van der Waals surface area contributed by atoms with Crippen molar-refractivity contribution in [3.63, 3.8) is 0 Å². The third-order valence-corrected chi connectivity index (χ3v) is 5.84. The van der Waals surface area contributed by atoms with Gasteiger partial charge in [-0.3, -0.25) is 19.5 Å². The summed E-state index contributed by atoms with van der Waals surface area (Å²) in [5, 5.41) is 33.2. The van der Waals surface area contributed by atoms with E-state index in [0.717, 1.165) is 6.42 Å². The van der Waals surface area contributed by atoms with Crippen LogP contribution in [0.25, 0.3) is 5.69 Å². The molecule has 0 radical (unpaired) electrons. The third kappa shape index (κ3) is 2.44. The molecule has 1 heterocycles. The number of hydrogen-bond donors (Lipinski definition) is 2. The number of Topliss-reactive ketones (excluding diaryl/α,β-unsaturated/α-hetero) is 1. The molecule has 5 rings (SSSR count). The Hall–Kier alpha value is -2.83. The highest BCUT2D eigenvalue weighted by Crippen LogP contribution is 2.56. The van der Waals surface area contributed by atoms with Crippen molar-refractivity contribution in [2.24, 2.45) is 0 Å². The number of aromatic hydroxyl groups is 2. The number of aromatic nitrogens is 1. The average Bonchev–Trinajstić information content (AvgIpc) is 2.87. The summed E-state index contributed by atoms with van der Waals surface area (Å²) < 4.78 is 1.23. The fourth-order valence-corrected chi connectivity index (χ4v) is 4.58. The molecule has 2 N–H and O–H groups in total. The lowest BCUT2D eigenvalue weighted by Gasteiger charge is -2.34. The van der Waals surface area contributed by atoms with Crippen LogP contribution < -0.4 is 0 Å². The van der Waals surface area contributed by atoms with Crippen molar-refractivity contribution in [3.05, 3.63) is 45.0 Å². The van der Waals surface area contributed by atoms with Gasteiger partial charge in [0.1, 0.15) is 5.78 Å². The zero-order chi connectivity index (χ0) is 19.7. The quantitative estimate of drug-likeness (QED) is 0.613. The largest absolute Gasteiger partial charge is 0.494 e. The molecule has 0 aliphatic heterocycles. The zero-order valence-corrected chi connectivity index (χ0v) is 15.5. The summed E-state index contributed by atoms with van der Waals surface area (Å²) in [5.74, 6) is -0.736. The first kappa shape index (κ1) is 17.6. The monoisotopic (exact) mass is 370 g/mol. The number of carbonyl (C=O) groups excluding carboxylic acids is 1. The van der Waals surface area contributed by atoms with E-state index in [-0.39, 0.29) is 29.1 Å². The lowest BCUT2D eigenvalue weighted by Crippen LogP contribution is -2.28. The smallest absolute Gasteiger partial charge is 0.275 e. The van der Waals surface area contributed by atoms with Gasteiger partial charge in [-0.1, -0.05) is 20.8 Å². The standard InChI is InChI=1S/C20H22N2O5/c1-20(2,3)13-7-5-11(9-14(13)22(26)27)21-18(24)16-10-4-6-12(15(23)8-10)17(16)19(21)25/h5,7,9-10,12,24-25H,4,6,8H2,1-3H3/t10-,12+/m0/s1. The van der Waals surface area contributed by atoms with Crippen LogP contribution in [0.1, 0.15) is 68.6 Å². The fourth-order valence-electron chi connectivity index (χ4n) is 4.58. The molecular formula is C20H22N2O5. The topological polar surface area (TPSA) is 106 Å². The number of carbonyl (C=O) groups is 1. The lowest BCUT2D eigenvalue weighted by atomic mass is 9.67. The van der Waals surface area contributed by atoms with Crippen LogP contribution in [0.2, 0.25) is 0 Å². The number of hydrogen-bond acceptors (Lipinski definition) is 5. The molecule has 2 bridgehead atoms. The summed E-state index contributed by atoms with van der Waals surface area (Å²) in [4.78, 5) is 23.4. The maximum absolute atomic E-state index is 12.2. The van der Waals surface area contributed by atoms with E-state index >= 15 is 0 Å². The molecule has 7 nitrogen and oxygen atoms in total. The highest BCUT2D eigenvalue weighted by atomic mass is 16.6. The van der Waals surface area contributed by atoms with Crippen LogP contribution in [0.3, 0.4) is 0 Å². The van der Waals surface area contributed by atoms with Crippen LogP contribution in [0.5, 0.6) is 11.8 Å². The predicted molar refractivity (Wildman–Crippen MR) is 98.8 cm³/mol. The van der Waals surface area contributed by atoms with Gasteiger partial charge < -0.3 is 10.2 Å². The SMILES string of the molecule is CC(C)(C)c1ccc(-n2c(O)c3c(c2O)[C@@H]2CC[C@H]3CC2=O)cc1[N+](=O)[O-]. The minimum Gasteiger partial charge on any atom is -0.494 e. The number of nitrogens with zero attached hydrogens (tertiary/aromatic N) is 2. The van der Waals surface area contributed by atoms with Gasteiger partial charge in [-0.05, 0) is 36.3 Å². The summed E-state index contributed by atoms with van der Waals surface area (Å²) in [6.07, 6.45) is 1.83. The van der Waals surface area contributed by atoms with Gasteiger partial charge in [0.05, 0.1) is 10.6 Å². The first-order valence-electron chi connectivity index (χ1n) is 9.09. The number of rotatable bonds is 2. The summed E-state index contributed by atoms with van der Waals surface area (Å²) in [6, 6.07) is 4.68. The molecule has 3 aliphatic carbocycles. The zero-order valence-electron chi connectivity index (χ0n) is 15.5. The second kappa shape index (κ2) is 5.58. The van der Waals surface area contributed by atoms with Crippen molar-refractivity contribution in [1.82, 2.24) is 4.57 Å². The van der Waals surface area contributed by atoms with Gasteiger partial charge >= 0.3 is 0 Å². The maximum Gasteiger partial charge on any atom is 0.275 e. The molecule has 0 saturated heterocycles. The van der Waals surface area contributed by atoms with Crippen LogP contribution in [-0.4, -0.2) is 25.5 Å². The van der Waals surface area contributed by atoms with E-state index in [4.69, 9.17) is 0 Å². The maximum atomic E-state index is 12.2. The van der Waals surface area contributed by atoms with Crippen LogP contribution in [0.4, 0.5) is 5.69 Å². The molecule has 1 aromatic carbocycles. The Labute approximate surface area is 156 Å². The van der Waals surface area contributed by atoms with Gasteiger partial charge in [0.25, 0.3) is 5.69 Å². The van der Waals surface area contributed by atoms with Crippen LogP contribution in [0.15, 0.2) is 18.2 Å². The van der Waals surface area contributed by atoms with Crippen molar-refractivity contribution in [2.45, 2.75) is 57.3 Å². The second-order valence-corrected chi connectivity index (χ2v) is 8.52. The molecule has 27 heavy (non-hydrogen) atoms. The van der Waals surface area contributed by atoms with Gasteiger partial charge in [0.2, 0.25) is 11.8 Å². The second-order valence-electron chi connectivity index (χ2n) is 8.52. The van der Waals surface area contributed by atoms with Crippen LogP contribution >= 0.6 is 0 Å². The molecule has 0 spiro atoms. The van der Waals surface area contributed by atoms with E-state index in [1.165, 1.54) is 10.6 Å². The molecule has 2 aromatic rings. The predicted octanol–water partition coefficient (Wildman–Crippen LogP) is 4.03. The number of benzene rings is 1. The van der Waals surface area contributed by atoms with Gasteiger partial charge in [-0.25, -0.2) is 0 Å². The van der Waals surface area contributed by atoms with Crippen molar-refractivity contribution < 1.29 is 19.9 Å². The normalized spacial score (nSPS) is 21.4. The van der Waals surface area contributed by atoms with E-state index in [9.17, 15) is 25.1 Å². The number of nitro groups is 1. The van der Waals surface area contributed by atoms with E-state index < -0.39 is 16.3 Å². The number of nitro benzene ring substituents is 1. The van der Waals surface area contributed by atoms with E-state index in [0.29, 0.717) is 35.2 Å². The van der Waals surface area contributed by atoms with E-state index in [1.54, 1.807) is 12.1 Å².